The summed E-state index contributed by atoms with van der Waals surface area (Å²) < 4.78 is 63.9. The molecule has 0 bridgehead atoms. The fourth-order valence-electron chi connectivity index (χ4n) is 5.03. The summed E-state index contributed by atoms with van der Waals surface area (Å²) in [4.78, 5) is 48.8. The van der Waals surface area contributed by atoms with E-state index >= 15 is 0 Å². The second-order valence-corrected chi connectivity index (χ2v) is 14.1. The number of carbonyl (C=O) groups excluding carboxylic acids is 4. The van der Waals surface area contributed by atoms with Gasteiger partial charge in [-0.3, -0.25) is 19.2 Å². The molecular weight excluding hydrogens is 616 g/mol. The number of benzene rings is 3. The minimum atomic E-state index is -4.47. The van der Waals surface area contributed by atoms with E-state index in [0.717, 1.165) is 12.1 Å². The Labute approximate surface area is 253 Å². The average molecular weight is 647 g/mol. The summed E-state index contributed by atoms with van der Waals surface area (Å²) in [5.41, 5.74) is -1.16. The second-order valence-electron chi connectivity index (χ2n) is 9.95. The zero-order valence-corrected chi connectivity index (χ0v) is 25.5. The summed E-state index contributed by atoms with van der Waals surface area (Å²) in [5.74, 6) is -5.85. The smallest absolute Gasteiger partial charge is 0.305 e. The monoisotopic (exact) mass is 646 g/mol. The van der Waals surface area contributed by atoms with Gasteiger partial charge >= 0.3 is 11.9 Å². The van der Waals surface area contributed by atoms with Crippen molar-refractivity contribution in [2.45, 2.75) is 49.3 Å². The molecule has 44 heavy (non-hydrogen) atoms. The molecule has 0 saturated heterocycles. The largest absolute Gasteiger partial charge is 0.506 e. The Balaban J connectivity index is 1.91. The summed E-state index contributed by atoms with van der Waals surface area (Å²) in [6, 6.07) is 7.41. The van der Waals surface area contributed by atoms with E-state index in [1.165, 1.54) is 24.3 Å². The molecule has 1 aliphatic carbocycles. The summed E-state index contributed by atoms with van der Waals surface area (Å²) in [6.07, 6.45) is -0.963. The van der Waals surface area contributed by atoms with Crippen molar-refractivity contribution in [1.29, 1.82) is 0 Å². The summed E-state index contributed by atoms with van der Waals surface area (Å²) >= 11 is 0. The Kier molecular flexibility index (Phi) is 9.44. The van der Waals surface area contributed by atoms with Gasteiger partial charge in [0.25, 0.3) is 0 Å². The molecule has 3 aromatic carbocycles. The highest BCUT2D eigenvalue weighted by Gasteiger charge is 2.37. The van der Waals surface area contributed by atoms with Crippen LogP contribution in [0.15, 0.2) is 46.2 Å². The number of fused-ring (bicyclic) bond motifs is 3. The molecule has 0 heterocycles. The molecule has 234 valence electrons. The first-order chi connectivity index (χ1) is 20.7. The lowest BCUT2D eigenvalue weighted by atomic mass is 9.81. The molecule has 3 aromatic rings. The van der Waals surface area contributed by atoms with Gasteiger partial charge in [-0.25, -0.2) is 16.8 Å². The average Bonchev–Trinajstić information content (AvgIpc) is 2.97. The molecule has 0 aliphatic heterocycles. The maximum Gasteiger partial charge on any atom is 0.305 e. The van der Waals surface area contributed by atoms with Crippen LogP contribution in [0.3, 0.4) is 0 Å². The first-order valence-corrected chi connectivity index (χ1v) is 17.1. The van der Waals surface area contributed by atoms with Crippen LogP contribution in [0, 0.1) is 0 Å². The summed E-state index contributed by atoms with van der Waals surface area (Å²) in [6.45, 7) is 3.34. The van der Waals surface area contributed by atoms with E-state index in [9.17, 15) is 46.2 Å². The maximum absolute atomic E-state index is 13.6. The fourth-order valence-corrected chi connectivity index (χ4v) is 8.61. The molecule has 0 fully saturated rings. The normalized spacial score (nSPS) is 13.0. The highest BCUT2D eigenvalue weighted by atomic mass is 32.2. The Morgan fingerprint density at radius 2 is 1.05 bits per heavy atom. The van der Waals surface area contributed by atoms with Crippen LogP contribution in [-0.2, 0) is 38.7 Å². The van der Waals surface area contributed by atoms with E-state index in [1.54, 1.807) is 13.8 Å². The van der Waals surface area contributed by atoms with Crippen molar-refractivity contribution in [1.82, 2.24) is 0 Å². The minimum absolute atomic E-state index is 0.0355. The molecule has 2 N–H and O–H groups in total. The number of rotatable bonds is 12. The Morgan fingerprint density at radius 3 is 1.39 bits per heavy atom. The Hall–Kier alpha value is -4.30. The van der Waals surface area contributed by atoms with Gasteiger partial charge in [0.15, 0.2) is 31.2 Å². The van der Waals surface area contributed by atoms with Crippen LogP contribution in [0.5, 0.6) is 11.5 Å². The van der Waals surface area contributed by atoms with Crippen LogP contribution >= 0.6 is 0 Å². The molecular formula is C30H30O12S2. The number of phenols is 2. The van der Waals surface area contributed by atoms with E-state index < -0.39 is 87.1 Å². The molecule has 12 nitrogen and oxygen atoms in total. The topological polar surface area (TPSA) is 195 Å². The summed E-state index contributed by atoms with van der Waals surface area (Å²) in [7, 11) is -8.95. The first-order valence-electron chi connectivity index (χ1n) is 13.8. The van der Waals surface area contributed by atoms with Gasteiger partial charge < -0.3 is 19.7 Å². The highest BCUT2D eigenvalue weighted by Crippen LogP contribution is 2.46. The predicted octanol–water partition coefficient (Wildman–Crippen LogP) is 3.26. The van der Waals surface area contributed by atoms with Gasteiger partial charge in [-0.1, -0.05) is 24.3 Å². The molecule has 1 aliphatic rings. The van der Waals surface area contributed by atoms with Gasteiger partial charge in [0, 0.05) is 34.7 Å². The van der Waals surface area contributed by atoms with Crippen molar-refractivity contribution in [3.63, 3.8) is 0 Å². The molecule has 0 aromatic heterocycles. The number of aromatic hydroxyl groups is 2. The van der Waals surface area contributed by atoms with E-state index in [4.69, 9.17) is 9.47 Å². The van der Waals surface area contributed by atoms with Crippen LogP contribution in [-0.4, -0.2) is 75.3 Å². The van der Waals surface area contributed by atoms with Crippen molar-refractivity contribution in [2.24, 2.45) is 0 Å². The van der Waals surface area contributed by atoms with Crippen LogP contribution in [0.25, 0.3) is 10.8 Å². The van der Waals surface area contributed by atoms with Crippen molar-refractivity contribution >= 4 is 54.0 Å². The maximum atomic E-state index is 13.6. The number of esters is 2. The van der Waals surface area contributed by atoms with Gasteiger partial charge in [0.05, 0.1) is 45.6 Å². The molecule has 4 rings (SSSR count). The number of hydrogen-bond donors (Lipinski definition) is 2. The zero-order valence-electron chi connectivity index (χ0n) is 23.9. The molecule has 0 atom stereocenters. The first kappa shape index (κ1) is 32.6. The molecule has 0 saturated carbocycles. The van der Waals surface area contributed by atoms with Crippen molar-refractivity contribution in [3.8, 4) is 11.5 Å². The zero-order chi connectivity index (χ0) is 32.4. The third kappa shape index (κ3) is 6.17. The summed E-state index contributed by atoms with van der Waals surface area (Å²) in [5, 5.41) is 21.7. The van der Waals surface area contributed by atoms with Crippen LogP contribution in [0.2, 0.25) is 0 Å². The number of ketones is 2. The Morgan fingerprint density at radius 1 is 0.682 bits per heavy atom. The number of ether oxygens (including phenoxy) is 2. The third-order valence-corrected chi connectivity index (χ3v) is 10.9. The molecule has 0 spiro atoms. The number of phenolic OH excluding ortho intramolecular Hbond substituents is 2. The lowest BCUT2D eigenvalue weighted by Gasteiger charge is -2.22. The minimum Gasteiger partial charge on any atom is -0.506 e. The predicted molar refractivity (Wildman–Crippen MR) is 156 cm³/mol. The van der Waals surface area contributed by atoms with Gasteiger partial charge in [0.1, 0.15) is 11.5 Å². The van der Waals surface area contributed by atoms with Crippen molar-refractivity contribution in [2.75, 3.05) is 24.7 Å². The van der Waals surface area contributed by atoms with Crippen LogP contribution in [0.4, 0.5) is 0 Å². The number of hydrogen-bond acceptors (Lipinski definition) is 12. The van der Waals surface area contributed by atoms with Crippen LogP contribution in [0.1, 0.15) is 71.4 Å². The SMILES string of the molecule is CCOC(=O)CCCS(=O)(=O)c1cc2c(O)c3c(c(O)c2cc1S(=O)(=O)CCCC(=O)OCC)C(=O)c1ccccc1C3=O. The molecule has 0 amide bonds. The van der Waals surface area contributed by atoms with E-state index in [1.807, 2.05) is 0 Å². The van der Waals surface area contributed by atoms with Gasteiger partial charge in [-0.2, -0.15) is 0 Å². The second kappa shape index (κ2) is 12.7. The molecule has 14 heteroatoms. The number of sulfone groups is 2. The van der Waals surface area contributed by atoms with Gasteiger partial charge in [-0.05, 0) is 38.8 Å². The lowest BCUT2D eigenvalue weighted by molar-refractivity contribution is -0.144. The van der Waals surface area contributed by atoms with E-state index in [2.05, 4.69) is 0 Å². The van der Waals surface area contributed by atoms with Crippen molar-refractivity contribution < 1.29 is 55.7 Å². The molecule has 0 radical (unpaired) electrons. The highest BCUT2D eigenvalue weighted by molar-refractivity contribution is 7.94. The quantitative estimate of drug-likeness (QED) is 0.169. The van der Waals surface area contributed by atoms with E-state index in [-0.39, 0.29) is 60.8 Å². The van der Waals surface area contributed by atoms with E-state index in [0.29, 0.717) is 0 Å². The van der Waals surface area contributed by atoms with Gasteiger partial charge in [0.2, 0.25) is 0 Å². The van der Waals surface area contributed by atoms with Crippen molar-refractivity contribution in [3.05, 3.63) is 58.7 Å². The van der Waals surface area contributed by atoms with Gasteiger partial charge in [-0.15, -0.1) is 0 Å². The third-order valence-electron chi connectivity index (χ3n) is 7.06. The van der Waals surface area contributed by atoms with Crippen LogP contribution < -0.4 is 0 Å². The number of carbonyl (C=O) groups is 4. The Bertz CT molecular complexity index is 1770. The standard InChI is InChI=1S/C30H30O12S2/c1-3-41-23(31)11-7-13-43(37,38)21-15-19-20(16-22(21)44(39,40)14-8-12-24(32)42-4-2)30(36)26-25(29(19)35)27(33)17-9-5-6-10-18(17)28(26)34/h5-6,9-10,15-16,35-36H,3-4,7-8,11-14H2,1-2H3. The fraction of sp³-hybridized carbons (Fsp3) is 0.333. The molecule has 0 unspecified atom stereocenters. The lowest BCUT2D eigenvalue weighted by Crippen LogP contribution is -2.21.